The molecule has 1 rings (SSSR count). The van der Waals surface area contributed by atoms with Gasteiger partial charge < -0.3 is 16.2 Å². The smallest absolute Gasteiger partial charge is 0.325 e. The zero-order chi connectivity index (χ0) is 14.4. The van der Waals surface area contributed by atoms with Gasteiger partial charge in [0, 0.05) is 0 Å². The van der Waals surface area contributed by atoms with Crippen LogP contribution in [0.25, 0.3) is 0 Å². The maximum atomic E-state index is 12.7. The summed E-state index contributed by atoms with van der Waals surface area (Å²) in [5.41, 5.74) is 6.54. The van der Waals surface area contributed by atoms with E-state index in [1.165, 1.54) is 19.1 Å². The molecule has 0 aliphatic heterocycles. The minimum atomic E-state index is -1.11. The van der Waals surface area contributed by atoms with Gasteiger partial charge in [-0.25, -0.2) is 4.39 Å². The van der Waals surface area contributed by atoms with Gasteiger partial charge in [-0.15, -0.1) is 0 Å². The third-order valence-electron chi connectivity index (χ3n) is 2.72. The van der Waals surface area contributed by atoms with Crippen LogP contribution in [0.3, 0.4) is 0 Å². The highest BCUT2D eigenvalue weighted by atomic mass is 19.1. The molecule has 0 bridgehead atoms. The van der Waals surface area contributed by atoms with E-state index in [9.17, 15) is 14.0 Å². The number of nitrogens with one attached hydrogen (secondary N) is 1. The molecule has 0 aromatic heterocycles. The first-order chi connectivity index (χ1) is 8.90. The maximum Gasteiger partial charge on any atom is 0.325 e. The van der Waals surface area contributed by atoms with Crippen molar-refractivity contribution in [3.05, 3.63) is 35.6 Å². The highest BCUT2D eigenvalue weighted by Gasteiger charge is 2.19. The van der Waals surface area contributed by atoms with E-state index in [-0.39, 0.29) is 5.82 Å². The number of benzene rings is 1. The second-order valence-corrected chi connectivity index (χ2v) is 4.34. The summed E-state index contributed by atoms with van der Waals surface area (Å²) in [4.78, 5) is 22.2. The lowest BCUT2D eigenvalue weighted by atomic mass is 10.0. The number of carboxylic acids is 1. The Labute approximate surface area is 110 Å². The molecule has 104 valence electrons. The summed E-state index contributed by atoms with van der Waals surface area (Å²) in [7, 11) is 0. The third kappa shape index (κ3) is 5.05. The molecule has 0 fully saturated rings. The number of rotatable bonds is 6. The molecular weight excluding hydrogens is 251 g/mol. The highest BCUT2D eigenvalue weighted by molar-refractivity contribution is 5.86. The Morgan fingerprint density at radius 3 is 2.47 bits per heavy atom. The van der Waals surface area contributed by atoms with E-state index >= 15 is 0 Å². The normalized spacial score (nSPS) is 13.6. The number of carboxylic acid groups (broad SMARTS) is 1. The molecule has 1 amide bonds. The van der Waals surface area contributed by atoms with Crippen molar-refractivity contribution in [2.45, 2.75) is 31.8 Å². The molecule has 1 aromatic carbocycles. The van der Waals surface area contributed by atoms with Crippen molar-refractivity contribution in [2.75, 3.05) is 0 Å². The van der Waals surface area contributed by atoms with Gasteiger partial charge in [-0.2, -0.15) is 0 Å². The van der Waals surface area contributed by atoms with Crippen molar-refractivity contribution in [1.29, 1.82) is 0 Å². The second-order valence-electron chi connectivity index (χ2n) is 4.34. The van der Waals surface area contributed by atoms with Crippen molar-refractivity contribution in [3.63, 3.8) is 0 Å². The zero-order valence-electron chi connectivity index (χ0n) is 10.6. The summed E-state index contributed by atoms with van der Waals surface area (Å²) < 4.78 is 12.7. The third-order valence-corrected chi connectivity index (χ3v) is 2.72. The molecule has 6 heteroatoms. The summed E-state index contributed by atoms with van der Waals surface area (Å²) >= 11 is 0. The Morgan fingerprint density at radius 1 is 1.37 bits per heavy atom. The molecule has 0 aliphatic rings. The number of aryl methyl sites for hydroxylation is 1. The van der Waals surface area contributed by atoms with E-state index in [1.807, 2.05) is 0 Å². The number of carbonyl (C=O) groups is 2. The second kappa shape index (κ2) is 6.84. The predicted molar refractivity (Wildman–Crippen MR) is 67.9 cm³/mol. The van der Waals surface area contributed by atoms with Crippen molar-refractivity contribution in [2.24, 2.45) is 5.73 Å². The summed E-state index contributed by atoms with van der Waals surface area (Å²) in [6.07, 6.45) is 0.889. The first kappa shape index (κ1) is 15.1. The monoisotopic (exact) mass is 268 g/mol. The quantitative estimate of drug-likeness (QED) is 0.707. The molecule has 2 atom stereocenters. The minimum Gasteiger partial charge on any atom is -0.480 e. The molecule has 0 saturated heterocycles. The topological polar surface area (TPSA) is 92.4 Å². The highest BCUT2D eigenvalue weighted by Crippen LogP contribution is 2.06. The molecule has 0 heterocycles. The van der Waals surface area contributed by atoms with Gasteiger partial charge in [0.2, 0.25) is 5.91 Å². The number of amides is 1. The van der Waals surface area contributed by atoms with Crippen molar-refractivity contribution >= 4 is 11.9 Å². The van der Waals surface area contributed by atoms with Crippen LogP contribution < -0.4 is 11.1 Å². The maximum absolute atomic E-state index is 12.7. The van der Waals surface area contributed by atoms with Crippen LogP contribution >= 0.6 is 0 Å². The fourth-order valence-electron chi connectivity index (χ4n) is 1.49. The van der Waals surface area contributed by atoms with Crippen LogP contribution in [0.1, 0.15) is 18.9 Å². The predicted octanol–water partition coefficient (Wildman–Crippen LogP) is 0.675. The van der Waals surface area contributed by atoms with Crippen LogP contribution in [0.5, 0.6) is 0 Å². The van der Waals surface area contributed by atoms with Crippen molar-refractivity contribution in [3.8, 4) is 0 Å². The van der Waals surface area contributed by atoms with Crippen LogP contribution in [0.4, 0.5) is 4.39 Å². The molecule has 0 radical (unpaired) electrons. The van der Waals surface area contributed by atoms with E-state index < -0.39 is 24.0 Å². The largest absolute Gasteiger partial charge is 0.480 e. The van der Waals surface area contributed by atoms with Crippen molar-refractivity contribution < 1.29 is 19.1 Å². The zero-order valence-corrected chi connectivity index (χ0v) is 10.6. The lowest BCUT2D eigenvalue weighted by Crippen LogP contribution is -2.47. The van der Waals surface area contributed by atoms with Gasteiger partial charge in [0.1, 0.15) is 11.9 Å². The Bertz CT molecular complexity index is 448. The summed E-state index contributed by atoms with van der Waals surface area (Å²) in [6.45, 7) is 1.37. The first-order valence-electron chi connectivity index (χ1n) is 5.93. The molecule has 1 aromatic rings. The Balaban J connectivity index is 2.42. The van der Waals surface area contributed by atoms with Crippen molar-refractivity contribution in [1.82, 2.24) is 5.32 Å². The van der Waals surface area contributed by atoms with Crippen LogP contribution in [-0.4, -0.2) is 29.1 Å². The average molecular weight is 268 g/mol. The Morgan fingerprint density at radius 2 is 1.95 bits per heavy atom. The summed E-state index contributed by atoms with van der Waals surface area (Å²) in [5, 5.41) is 11.0. The van der Waals surface area contributed by atoms with Gasteiger partial charge in [-0.05, 0) is 37.5 Å². The fraction of sp³-hybridized carbons (Fsp3) is 0.385. The van der Waals surface area contributed by atoms with Crippen LogP contribution in [-0.2, 0) is 16.0 Å². The van der Waals surface area contributed by atoms with Gasteiger partial charge in [0.25, 0.3) is 0 Å². The number of nitrogens with two attached hydrogens (primary N) is 1. The van der Waals surface area contributed by atoms with E-state index in [4.69, 9.17) is 10.8 Å². The number of carbonyl (C=O) groups excluding carboxylic acids is 1. The van der Waals surface area contributed by atoms with Crippen LogP contribution in [0.2, 0.25) is 0 Å². The molecular formula is C13H17FN2O3. The van der Waals surface area contributed by atoms with Gasteiger partial charge in [0.15, 0.2) is 0 Å². The molecule has 0 aliphatic carbocycles. The Kier molecular flexibility index (Phi) is 5.44. The van der Waals surface area contributed by atoms with E-state index in [1.54, 1.807) is 12.1 Å². The van der Waals surface area contributed by atoms with E-state index in [2.05, 4.69) is 5.32 Å². The average Bonchev–Trinajstić information content (AvgIpc) is 2.37. The first-order valence-corrected chi connectivity index (χ1v) is 5.93. The van der Waals surface area contributed by atoms with Gasteiger partial charge >= 0.3 is 5.97 Å². The molecule has 0 saturated carbocycles. The number of hydrogen-bond acceptors (Lipinski definition) is 3. The summed E-state index contributed by atoms with van der Waals surface area (Å²) in [6, 6.07) is 4.18. The van der Waals surface area contributed by atoms with Gasteiger partial charge in [0.05, 0.1) is 6.04 Å². The summed E-state index contributed by atoms with van der Waals surface area (Å²) in [5.74, 6) is -1.93. The fourth-order valence-corrected chi connectivity index (χ4v) is 1.49. The lowest BCUT2D eigenvalue weighted by molar-refractivity contribution is -0.141. The Hall–Kier alpha value is -1.95. The van der Waals surface area contributed by atoms with Crippen LogP contribution in [0, 0.1) is 5.82 Å². The van der Waals surface area contributed by atoms with Gasteiger partial charge in [-0.3, -0.25) is 9.59 Å². The number of halogens is 1. The molecule has 4 N–H and O–H groups in total. The van der Waals surface area contributed by atoms with E-state index in [0.717, 1.165) is 5.56 Å². The molecule has 5 nitrogen and oxygen atoms in total. The standard InChI is InChI=1S/C13H17FN2O3/c1-8(13(18)19)16-12(17)11(15)7-4-9-2-5-10(14)6-3-9/h2-3,5-6,8,11H,4,7,15H2,1H3,(H,16,17)(H,18,19)/t8-,11?/m0/s1. The molecule has 19 heavy (non-hydrogen) atoms. The SMILES string of the molecule is C[C@H](NC(=O)C(N)CCc1ccc(F)cc1)C(=O)O. The number of aliphatic carboxylic acids is 1. The lowest BCUT2D eigenvalue weighted by Gasteiger charge is -2.14. The molecule has 0 spiro atoms. The number of hydrogen-bond donors (Lipinski definition) is 3. The molecule has 1 unspecified atom stereocenters. The van der Waals surface area contributed by atoms with E-state index in [0.29, 0.717) is 12.8 Å². The minimum absolute atomic E-state index is 0.318. The van der Waals surface area contributed by atoms with Crippen LogP contribution in [0.15, 0.2) is 24.3 Å². The van der Waals surface area contributed by atoms with Gasteiger partial charge in [-0.1, -0.05) is 12.1 Å².